The molecule has 0 spiro atoms. The van der Waals surface area contributed by atoms with Gasteiger partial charge in [-0.05, 0) is 12.1 Å². The molecule has 0 unspecified atom stereocenters. The normalized spacial score (nSPS) is 12.5. The number of hydrogen-bond acceptors (Lipinski definition) is 6. The zero-order valence-corrected chi connectivity index (χ0v) is 8.84. The van der Waals surface area contributed by atoms with Gasteiger partial charge in [0.1, 0.15) is 10.7 Å². The van der Waals surface area contributed by atoms with E-state index in [1.807, 2.05) is 12.1 Å². The third kappa shape index (κ3) is 1.33. The van der Waals surface area contributed by atoms with Crippen molar-refractivity contribution in [3.63, 3.8) is 0 Å². The Hall–Kier alpha value is -2.02. The molecule has 7 heteroatoms. The van der Waals surface area contributed by atoms with Crippen LogP contribution < -0.4 is 16.6 Å². The first kappa shape index (κ1) is 9.22. The van der Waals surface area contributed by atoms with Crippen molar-refractivity contribution < 1.29 is 0 Å². The highest BCUT2D eigenvalue weighted by atomic mass is 32.2. The zero-order valence-electron chi connectivity index (χ0n) is 8.02. The Morgan fingerprint density at radius 2 is 2.25 bits per heavy atom. The lowest BCUT2D eigenvalue weighted by Gasteiger charge is -2.17. The van der Waals surface area contributed by atoms with Crippen molar-refractivity contribution in [3.05, 3.63) is 28.7 Å². The first-order chi connectivity index (χ1) is 7.74. The number of H-pyrrole nitrogens is 1. The number of nitrogens with two attached hydrogens (primary N) is 1. The lowest BCUT2D eigenvalue weighted by Crippen LogP contribution is -2.18. The highest BCUT2D eigenvalue weighted by Gasteiger charge is 2.20. The van der Waals surface area contributed by atoms with Gasteiger partial charge in [0.15, 0.2) is 5.82 Å². The molecule has 80 valence electrons. The molecule has 4 N–H and O–H groups in total. The van der Waals surface area contributed by atoms with Gasteiger partial charge in [-0.2, -0.15) is 4.98 Å². The summed E-state index contributed by atoms with van der Waals surface area (Å²) >= 11 is 1.33. The summed E-state index contributed by atoms with van der Waals surface area (Å²) in [5.41, 5.74) is 5.23. The fraction of sp³-hybridized carbons (Fsp3) is 0. The molecule has 0 saturated heterocycles. The number of aromatic amines is 1. The average molecular weight is 233 g/mol. The molecule has 0 aromatic carbocycles. The number of aromatic nitrogens is 3. The third-order valence-electron chi connectivity index (χ3n) is 2.11. The van der Waals surface area contributed by atoms with E-state index < -0.39 is 0 Å². The summed E-state index contributed by atoms with van der Waals surface area (Å²) in [6.45, 7) is 0. The smallest absolute Gasteiger partial charge is 0.268 e. The van der Waals surface area contributed by atoms with E-state index in [0.29, 0.717) is 16.5 Å². The number of pyridine rings is 1. The Morgan fingerprint density at radius 1 is 1.38 bits per heavy atom. The number of nitrogen functional groups attached to an aromatic ring is 1. The summed E-state index contributed by atoms with van der Waals surface area (Å²) in [6.07, 6.45) is 1.67. The second-order valence-electron chi connectivity index (χ2n) is 3.21. The minimum atomic E-state index is -0.241. The van der Waals surface area contributed by atoms with E-state index in [0.717, 1.165) is 4.90 Å². The molecule has 3 rings (SSSR count). The molecular formula is C9H7N5OS. The molecule has 0 radical (unpaired) electrons. The minimum Gasteiger partial charge on any atom is -0.369 e. The summed E-state index contributed by atoms with van der Waals surface area (Å²) in [5, 5.41) is 2.98. The van der Waals surface area contributed by atoms with Crippen molar-refractivity contribution >= 4 is 29.3 Å². The van der Waals surface area contributed by atoms with Gasteiger partial charge < -0.3 is 11.1 Å². The van der Waals surface area contributed by atoms with Crippen LogP contribution in [0.5, 0.6) is 0 Å². The van der Waals surface area contributed by atoms with Crippen LogP contribution in [-0.2, 0) is 0 Å². The Labute approximate surface area is 94.3 Å². The molecule has 2 aromatic heterocycles. The van der Waals surface area contributed by atoms with Gasteiger partial charge in [-0.15, -0.1) is 0 Å². The highest BCUT2D eigenvalue weighted by molar-refractivity contribution is 7.99. The van der Waals surface area contributed by atoms with Crippen molar-refractivity contribution in [1.29, 1.82) is 0 Å². The molecule has 0 bridgehead atoms. The number of nitrogens with one attached hydrogen (secondary N) is 2. The fourth-order valence-corrected chi connectivity index (χ4v) is 2.35. The van der Waals surface area contributed by atoms with Crippen LogP contribution in [-0.4, -0.2) is 15.0 Å². The summed E-state index contributed by atoms with van der Waals surface area (Å²) in [4.78, 5) is 23.7. The summed E-state index contributed by atoms with van der Waals surface area (Å²) in [6, 6.07) is 3.70. The minimum absolute atomic E-state index is 0.0937. The number of fused-ring (bicyclic) bond motifs is 2. The summed E-state index contributed by atoms with van der Waals surface area (Å²) < 4.78 is 0. The molecule has 0 aliphatic carbocycles. The largest absolute Gasteiger partial charge is 0.369 e. The molecule has 16 heavy (non-hydrogen) atoms. The lowest BCUT2D eigenvalue weighted by atomic mass is 10.4. The second-order valence-corrected chi connectivity index (χ2v) is 4.26. The van der Waals surface area contributed by atoms with Gasteiger partial charge in [0.2, 0.25) is 5.95 Å². The van der Waals surface area contributed by atoms with E-state index >= 15 is 0 Å². The SMILES string of the molecule is Nc1nc2c(c(=O)[nH]1)Sc1cccnc1N2. The predicted octanol–water partition coefficient (Wildman–Crippen LogP) is 0.955. The van der Waals surface area contributed by atoms with Gasteiger partial charge in [-0.3, -0.25) is 9.78 Å². The third-order valence-corrected chi connectivity index (χ3v) is 3.25. The van der Waals surface area contributed by atoms with E-state index in [1.54, 1.807) is 6.20 Å². The standard InChI is InChI=1S/C9H7N5OS/c10-9-13-7-5(8(15)14-9)16-4-2-1-3-11-6(4)12-7/h1-3H,(H4,10,11,12,13,14,15). The molecule has 0 fully saturated rings. The number of nitrogens with zero attached hydrogens (tertiary/aromatic N) is 2. The van der Waals surface area contributed by atoms with Gasteiger partial charge in [-0.1, -0.05) is 11.8 Å². The quantitative estimate of drug-likeness (QED) is 0.535. The van der Waals surface area contributed by atoms with Crippen LogP contribution in [0.1, 0.15) is 0 Å². The monoisotopic (exact) mass is 233 g/mol. The maximum atomic E-state index is 11.6. The van der Waals surface area contributed by atoms with E-state index in [1.165, 1.54) is 11.8 Å². The van der Waals surface area contributed by atoms with E-state index in [4.69, 9.17) is 5.73 Å². The van der Waals surface area contributed by atoms with Gasteiger partial charge in [-0.25, -0.2) is 4.98 Å². The van der Waals surface area contributed by atoms with Crippen molar-refractivity contribution in [2.45, 2.75) is 9.79 Å². The van der Waals surface area contributed by atoms with Gasteiger partial charge >= 0.3 is 0 Å². The maximum Gasteiger partial charge on any atom is 0.268 e. The van der Waals surface area contributed by atoms with Crippen LogP contribution in [0.15, 0.2) is 32.9 Å². The molecule has 1 aliphatic rings. The van der Waals surface area contributed by atoms with Crippen LogP contribution in [0.25, 0.3) is 0 Å². The molecule has 0 amide bonds. The number of hydrogen-bond donors (Lipinski definition) is 3. The maximum absolute atomic E-state index is 11.6. The topological polar surface area (TPSA) is 96.7 Å². The second kappa shape index (κ2) is 3.24. The molecular weight excluding hydrogens is 226 g/mol. The first-order valence-corrected chi connectivity index (χ1v) is 5.35. The molecule has 1 aliphatic heterocycles. The number of anilines is 3. The van der Waals surface area contributed by atoms with Crippen LogP contribution in [0.4, 0.5) is 17.6 Å². The van der Waals surface area contributed by atoms with Gasteiger partial charge in [0.25, 0.3) is 5.56 Å². The van der Waals surface area contributed by atoms with Crippen LogP contribution in [0.3, 0.4) is 0 Å². The molecule has 2 aromatic rings. The predicted molar refractivity (Wildman–Crippen MR) is 60.9 cm³/mol. The van der Waals surface area contributed by atoms with Gasteiger partial charge in [0.05, 0.1) is 4.90 Å². The first-order valence-electron chi connectivity index (χ1n) is 4.54. The van der Waals surface area contributed by atoms with Gasteiger partial charge in [0, 0.05) is 6.20 Å². The number of rotatable bonds is 0. The lowest BCUT2D eigenvalue weighted by molar-refractivity contribution is 1.04. The molecule has 6 nitrogen and oxygen atoms in total. The highest BCUT2D eigenvalue weighted by Crippen LogP contribution is 2.39. The van der Waals surface area contributed by atoms with E-state index in [9.17, 15) is 4.79 Å². The Kier molecular flexibility index (Phi) is 1.87. The van der Waals surface area contributed by atoms with Crippen LogP contribution in [0, 0.1) is 0 Å². The molecule has 0 atom stereocenters. The molecule has 3 heterocycles. The Balaban J connectivity index is 2.19. The fourth-order valence-electron chi connectivity index (χ4n) is 1.45. The summed E-state index contributed by atoms with van der Waals surface area (Å²) in [5.74, 6) is 1.24. The summed E-state index contributed by atoms with van der Waals surface area (Å²) in [7, 11) is 0. The van der Waals surface area contributed by atoms with E-state index in [2.05, 4.69) is 20.3 Å². The average Bonchev–Trinajstić information content (AvgIpc) is 2.27. The Morgan fingerprint density at radius 3 is 3.12 bits per heavy atom. The molecule has 0 saturated carbocycles. The van der Waals surface area contributed by atoms with Crippen LogP contribution in [0.2, 0.25) is 0 Å². The van der Waals surface area contributed by atoms with Crippen LogP contribution >= 0.6 is 11.8 Å². The van der Waals surface area contributed by atoms with Crippen molar-refractivity contribution in [3.8, 4) is 0 Å². The van der Waals surface area contributed by atoms with E-state index in [-0.39, 0.29) is 11.5 Å². The Bertz CT molecular complexity index is 624. The zero-order chi connectivity index (χ0) is 11.1. The van der Waals surface area contributed by atoms with Crippen molar-refractivity contribution in [2.24, 2.45) is 0 Å². The van der Waals surface area contributed by atoms with Crippen molar-refractivity contribution in [2.75, 3.05) is 11.1 Å². The van der Waals surface area contributed by atoms with Crippen molar-refractivity contribution in [1.82, 2.24) is 15.0 Å².